The average Bonchev–Trinajstić information content (AvgIpc) is 2.88. The second-order valence-electron chi connectivity index (χ2n) is 8.91. The first-order valence-electron chi connectivity index (χ1n) is 11.5. The summed E-state index contributed by atoms with van der Waals surface area (Å²) < 4.78 is 47.5. The quantitative estimate of drug-likeness (QED) is 0.570. The summed E-state index contributed by atoms with van der Waals surface area (Å²) in [6, 6.07) is 19.0. The summed E-state index contributed by atoms with van der Waals surface area (Å²) in [4.78, 5) is 15.7. The topological polar surface area (TPSA) is 66.9 Å². The van der Waals surface area contributed by atoms with Gasteiger partial charge in [-0.15, -0.1) is 0 Å². The Morgan fingerprint density at radius 3 is 2.26 bits per heavy atom. The van der Waals surface area contributed by atoms with Crippen molar-refractivity contribution in [2.24, 2.45) is 0 Å². The van der Waals surface area contributed by atoms with Gasteiger partial charge in [-0.1, -0.05) is 42.5 Å². The SMILES string of the molecule is O=C(N1CCN(S(=O)(=O)c2ccc3ccccc3c2)CC1)C1(c2cccc(F)c2)CCOCC1. The van der Waals surface area contributed by atoms with Crippen LogP contribution in [0.25, 0.3) is 10.8 Å². The maximum atomic E-state index is 14.0. The van der Waals surface area contributed by atoms with Gasteiger partial charge in [0.1, 0.15) is 5.82 Å². The molecule has 2 saturated heterocycles. The zero-order valence-electron chi connectivity index (χ0n) is 18.8. The van der Waals surface area contributed by atoms with E-state index in [1.54, 1.807) is 29.2 Å². The van der Waals surface area contributed by atoms with E-state index in [1.807, 2.05) is 30.3 Å². The summed E-state index contributed by atoms with van der Waals surface area (Å²) in [6.07, 6.45) is 0.954. The monoisotopic (exact) mass is 482 g/mol. The number of carbonyl (C=O) groups excluding carboxylic acids is 1. The summed E-state index contributed by atoms with van der Waals surface area (Å²) in [5, 5.41) is 1.85. The summed E-state index contributed by atoms with van der Waals surface area (Å²) >= 11 is 0. The molecule has 2 fully saturated rings. The van der Waals surface area contributed by atoms with Crippen molar-refractivity contribution in [3.05, 3.63) is 78.1 Å². The van der Waals surface area contributed by atoms with Crippen LogP contribution in [0.5, 0.6) is 0 Å². The van der Waals surface area contributed by atoms with Crippen LogP contribution >= 0.6 is 0 Å². The molecule has 0 aromatic heterocycles. The van der Waals surface area contributed by atoms with Crippen LogP contribution < -0.4 is 0 Å². The number of ether oxygens (including phenoxy) is 1. The molecule has 0 bridgehead atoms. The van der Waals surface area contributed by atoms with Crippen molar-refractivity contribution in [3.63, 3.8) is 0 Å². The van der Waals surface area contributed by atoms with Crippen molar-refractivity contribution in [2.45, 2.75) is 23.2 Å². The number of hydrogen-bond acceptors (Lipinski definition) is 4. The van der Waals surface area contributed by atoms with Crippen molar-refractivity contribution in [1.82, 2.24) is 9.21 Å². The maximum Gasteiger partial charge on any atom is 0.243 e. The summed E-state index contributed by atoms with van der Waals surface area (Å²) in [6.45, 7) is 1.89. The van der Waals surface area contributed by atoms with E-state index in [9.17, 15) is 17.6 Å². The molecule has 8 heteroatoms. The summed E-state index contributed by atoms with van der Waals surface area (Å²) in [5.74, 6) is -0.452. The number of fused-ring (bicyclic) bond motifs is 1. The molecule has 34 heavy (non-hydrogen) atoms. The zero-order chi connectivity index (χ0) is 23.8. The predicted octanol–water partition coefficient (Wildman–Crippen LogP) is 3.56. The Bertz CT molecular complexity index is 1310. The minimum absolute atomic E-state index is 0.0795. The number of nitrogens with zero attached hydrogens (tertiary/aromatic N) is 2. The predicted molar refractivity (Wildman–Crippen MR) is 127 cm³/mol. The molecule has 2 heterocycles. The van der Waals surface area contributed by atoms with E-state index in [0.717, 1.165) is 10.8 Å². The number of carbonyl (C=O) groups is 1. The van der Waals surface area contributed by atoms with Crippen LogP contribution in [0, 0.1) is 5.82 Å². The Kier molecular flexibility index (Phi) is 6.14. The number of sulfonamides is 1. The molecule has 6 nitrogen and oxygen atoms in total. The molecule has 0 N–H and O–H groups in total. The third kappa shape index (κ3) is 4.10. The van der Waals surface area contributed by atoms with E-state index in [0.29, 0.717) is 44.7 Å². The third-order valence-electron chi connectivity index (χ3n) is 7.02. The van der Waals surface area contributed by atoms with E-state index in [2.05, 4.69) is 0 Å². The van der Waals surface area contributed by atoms with Crippen LogP contribution in [0.4, 0.5) is 4.39 Å². The summed E-state index contributed by atoms with van der Waals surface area (Å²) in [7, 11) is -3.67. The number of piperazine rings is 1. The molecule has 0 radical (unpaired) electrons. The molecule has 0 atom stereocenters. The molecule has 2 aliphatic rings. The fraction of sp³-hybridized carbons (Fsp3) is 0.346. The van der Waals surface area contributed by atoms with Crippen molar-refractivity contribution in [2.75, 3.05) is 39.4 Å². The molecule has 1 amide bonds. The van der Waals surface area contributed by atoms with Gasteiger partial charge in [-0.2, -0.15) is 4.31 Å². The first-order valence-corrected chi connectivity index (χ1v) is 13.0. The number of rotatable bonds is 4. The first kappa shape index (κ1) is 23.0. The molecule has 0 unspecified atom stereocenters. The number of amides is 1. The zero-order valence-corrected chi connectivity index (χ0v) is 19.6. The second-order valence-corrected chi connectivity index (χ2v) is 10.8. The highest BCUT2D eigenvalue weighted by atomic mass is 32.2. The molecule has 0 spiro atoms. The molecule has 0 aliphatic carbocycles. The number of benzene rings is 3. The standard InChI is InChI=1S/C26H27FN2O4S/c27-23-7-3-6-22(19-23)26(10-16-33-17-11-26)25(30)28-12-14-29(15-13-28)34(31,32)24-9-8-20-4-1-2-5-21(20)18-24/h1-9,18-19H,10-17H2. The van der Waals surface area contributed by atoms with Crippen LogP contribution in [0.3, 0.4) is 0 Å². The Morgan fingerprint density at radius 2 is 1.56 bits per heavy atom. The Labute approximate surface area is 199 Å². The van der Waals surface area contributed by atoms with Gasteiger partial charge in [0, 0.05) is 39.4 Å². The van der Waals surface area contributed by atoms with Gasteiger partial charge in [0.05, 0.1) is 10.3 Å². The lowest BCUT2D eigenvalue weighted by Crippen LogP contribution is -2.56. The second kappa shape index (κ2) is 9.09. The molecule has 3 aromatic rings. The Hall–Kier alpha value is -2.81. The van der Waals surface area contributed by atoms with Crippen LogP contribution in [-0.2, 0) is 25.0 Å². The number of halogens is 1. The molecule has 3 aromatic carbocycles. The average molecular weight is 483 g/mol. The van der Waals surface area contributed by atoms with Gasteiger partial charge in [0.2, 0.25) is 15.9 Å². The van der Waals surface area contributed by atoms with Crippen molar-refractivity contribution in [3.8, 4) is 0 Å². The minimum atomic E-state index is -3.67. The smallest absolute Gasteiger partial charge is 0.243 e. The molecular formula is C26H27FN2O4S. The van der Waals surface area contributed by atoms with Crippen molar-refractivity contribution < 1.29 is 22.3 Å². The van der Waals surface area contributed by atoms with Crippen molar-refractivity contribution in [1.29, 1.82) is 0 Å². The first-order chi connectivity index (χ1) is 16.4. The van der Waals surface area contributed by atoms with Gasteiger partial charge in [-0.3, -0.25) is 4.79 Å². The fourth-order valence-corrected chi connectivity index (χ4v) is 6.50. The Morgan fingerprint density at radius 1 is 0.853 bits per heavy atom. The molecule has 5 rings (SSSR count). The van der Waals surface area contributed by atoms with Gasteiger partial charge in [0.25, 0.3) is 0 Å². The van der Waals surface area contributed by atoms with E-state index in [1.165, 1.54) is 16.4 Å². The third-order valence-corrected chi connectivity index (χ3v) is 8.91. The maximum absolute atomic E-state index is 14.0. The lowest BCUT2D eigenvalue weighted by Gasteiger charge is -2.42. The van der Waals surface area contributed by atoms with Gasteiger partial charge in [-0.05, 0) is 53.4 Å². The Balaban J connectivity index is 1.35. The minimum Gasteiger partial charge on any atom is -0.381 e. The van der Waals surface area contributed by atoms with Crippen LogP contribution in [0.2, 0.25) is 0 Å². The van der Waals surface area contributed by atoms with Gasteiger partial charge < -0.3 is 9.64 Å². The molecule has 2 aliphatic heterocycles. The number of hydrogen-bond donors (Lipinski definition) is 0. The van der Waals surface area contributed by atoms with Crippen LogP contribution in [0.15, 0.2) is 71.6 Å². The van der Waals surface area contributed by atoms with E-state index >= 15 is 0 Å². The molecule has 0 saturated carbocycles. The van der Waals surface area contributed by atoms with E-state index in [4.69, 9.17) is 4.74 Å². The van der Waals surface area contributed by atoms with E-state index < -0.39 is 15.4 Å². The highest BCUT2D eigenvalue weighted by Crippen LogP contribution is 2.37. The molecular weight excluding hydrogens is 455 g/mol. The van der Waals surface area contributed by atoms with Gasteiger partial charge in [0.15, 0.2) is 0 Å². The molecule has 178 valence electrons. The largest absolute Gasteiger partial charge is 0.381 e. The lowest BCUT2D eigenvalue weighted by atomic mass is 9.73. The highest BCUT2D eigenvalue weighted by Gasteiger charge is 2.45. The fourth-order valence-electron chi connectivity index (χ4n) is 5.04. The lowest BCUT2D eigenvalue weighted by molar-refractivity contribution is -0.142. The van der Waals surface area contributed by atoms with Crippen LogP contribution in [-0.4, -0.2) is 62.9 Å². The van der Waals surface area contributed by atoms with E-state index in [-0.39, 0.29) is 29.7 Å². The van der Waals surface area contributed by atoms with Crippen LogP contribution in [0.1, 0.15) is 18.4 Å². The highest BCUT2D eigenvalue weighted by molar-refractivity contribution is 7.89. The van der Waals surface area contributed by atoms with Gasteiger partial charge >= 0.3 is 0 Å². The van der Waals surface area contributed by atoms with Gasteiger partial charge in [-0.25, -0.2) is 12.8 Å². The normalized spacial score (nSPS) is 19.3. The summed E-state index contributed by atoms with van der Waals surface area (Å²) in [5.41, 5.74) is -0.188. The van der Waals surface area contributed by atoms with Crippen molar-refractivity contribution >= 4 is 26.7 Å².